The first-order chi connectivity index (χ1) is 7.13. The van der Waals surface area contributed by atoms with E-state index in [9.17, 15) is 0 Å². The van der Waals surface area contributed by atoms with Gasteiger partial charge in [0.05, 0.1) is 11.9 Å². The first-order valence-corrected chi connectivity index (χ1v) is 5.64. The summed E-state index contributed by atoms with van der Waals surface area (Å²) in [4.78, 5) is 4.38. The van der Waals surface area contributed by atoms with E-state index in [1.165, 1.54) is 0 Å². The van der Waals surface area contributed by atoms with Crippen molar-refractivity contribution in [3.05, 3.63) is 16.9 Å². The van der Waals surface area contributed by atoms with Crippen molar-refractivity contribution in [2.24, 2.45) is 0 Å². The van der Waals surface area contributed by atoms with Gasteiger partial charge in [-0.25, -0.2) is 4.98 Å². The minimum Gasteiger partial charge on any atom is -0.386 e. The van der Waals surface area contributed by atoms with E-state index in [1.807, 2.05) is 17.8 Å². The molecule has 0 amide bonds. The van der Waals surface area contributed by atoms with Gasteiger partial charge in [-0.3, -0.25) is 4.68 Å². The van der Waals surface area contributed by atoms with Crippen LogP contribution in [0.3, 0.4) is 0 Å². The molecule has 2 rings (SSSR count). The van der Waals surface area contributed by atoms with Crippen LogP contribution in [-0.4, -0.2) is 21.8 Å². The van der Waals surface area contributed by atoms with Crippen LogP contribution in [0.25, 0.3) is 11.0 Å². The lowest BCUT2D eigenvalue weighted by atomic mass is 10.3. The molecule has 0 unspecified atom stereocenters. The molecule has 0 aliphatic carbocycles. The quantitative estimate of drug-likeness (QED) is 0.852. The number of nitrogens with zero attached hydrogens (tertiary/aromatic N) is 3. The number of nitrogens with one attached hydrogen (secondary N) is 1. The number of hydrogen-bond acceptors (Lipinski definition) is 3. The number of anilines is 1. The Bertz CT molecular complexity index is 489. The molecule has 0 aliphatic heterocycles. The second-order valence-corrected chi connectivity index (χ2v) is 4.47. The molecule has 1 N–H and O–H groups in total. The monoisotopic (exact) mass is 268 g/mol. The molecule has 0 saturated carbocycles. The van der Waals surface area contributed by atoms with Crippen molar-refractivity contribution in [1.29, 1.82) is 0 Å². The first kappa shape index (κ1) is 10.4. The van der Waals surface area contributed by atoms with Gasteiger partial charge in [0, 0.05) is 13.1 Å². The molecule has 0 bridgehead atoms. The van der Waals surface area contributed by atoms with Gasteiger partial charge in [-0.2, -0.15) is 5.10 Å². The molecule has 0 fully saturated rings. The van der Waals surface area contributed by atoms with E-state index in [4.69, 9.17) is 0 Å². The van der Waals surface area contributed by atoms with E-state index in [0.29, 0.717) is 6.04 Å². The summed E-state index contributed by atoms with van der Waals surface area (Å²) in [6, 6.07) is 2.29. The fourth-order valence-electron chi connectivity index (χ4n) is 1.61. The van der Waals surface area contributed by atoms with Crippen LogP contribution in [-0.2, 0) is 0 Å². The highest BCUT2D eigenvalue weighted by atomic mass is 79.9. The minimum absolute atomic E-state index is 0.331. The van der Waals surface area contributed by atoms with Gasteiger partial charge in [0.2, 0.25) is 0 Å². The highest BCUT2D eigenvalue weighted by Crippen LogP contribution is 2.26. The normalized spacial score (nSPS) is 11.3. The second-order valence-electron chi connectivity index (χ2n) is 3.66. The van der Waals surface area contributed by atoms with E-state index in [0.717, 1.165) is 21.3 Å². The summed E-state index contributed by atoms with van der Waals surface area (Å²) < 4.78 is 2.79. The Labute approximate surface area is 96.8 Å². The summed E-state index contributed by atoms with van der Waals surface area (Å²) >= 11 is 3.38. The average Bonchev–Trinajstić information content (AvgIpc) is 2.59. The lowest BCUT2D eigenvalue weighted by Gasteiger charge is -2.10. The summed E-state index contributed by atoms with van der Waals surface area (Å²) in [5, 5.41) is 7.50. The average molecular weight is 269 g/mol. The predicted molar refractivity (Wildman–Crippen MR) is 65.2 cm³/mol. The van der Waals surface area contributed by atoms with Crippen molar-refractivity contribution in [1.82, 2.24) is 14.8 Å². The molecule has 15 heavy (non-hydrogen) atoms. The van der Waals surface area contributed by atoms with Crippen LogP contribution in [0.5, 0.6) is 0 Å². The third kappa shape index (κ3) is 1.71. The lowest BCUT2D eigenvalue weighted by molar-refractivity contribution is 0.551. The van der Waals surface area contributed by atoms with Gasteiger partial charge in [0.25, 0.3) is 0 Å². The minimum atomic E-state index is 0.331. The largest absolute Gasteiger partial charge is 0.386 e. The summed E-state index contributed by atoms with van der Waals surface area (Å²) in [6.45, 7) is 4.21. The Hall–Kier alpha value is -1.10. The van der Waals surface area contributed by atoms with Crippen LogP contribution in [0.2, 0.25) is 0 Å². The number of fused-ring (bicyclic) bond motifs is 1. The first-order valence-electron chi connectivity index (χ1n) is 4.85. The zero-order valence-electron chi connectivity index (χ0n) is 8.95. The van der Waals surface area contributed by atoms with Crippen LogP contribution in [0.15, 0.2) is 16.9 Å². The van der Waals surface area contributed by atoms with Gasteiger partial charge >= 0.3 is 0 Å². The molecular formula is C10H13BrN4. The van der Waals surface area contributed by atoms with E-state index in [2.05, 4.69) is 45.2 Å². The standard InChI is InChI=1S/C10H13BrN4/c1-6(2)15-10-7(12-3)4-9(11)14-8(10)5-13-15/h4-6H,1-3H3,(H,12,14). The van der Waals surface area contributed by atoms with Crippen LogP contribution in [0.1, 0.15) is 19.9 Å². The molecule has 2 aromatic heterocycles. The predicted octanol–water partition coefficient (Wildman–Crippen LogP) is 2.82. The Kier molecular flexibility index (Phi) is 2.65. The Morgan fingerprint density at radius 1 is 1.47 bits per heavy atom. The van der Waals surface area contributed by atoms with E-state index in [1.54, 1.807) is 6.20 Å². The lowest BCUT2D eigenvalue weighted by Crippen LogP contribution is -2.04. The highest BCUT2D eigenvalue weighted by Gasteiger charge is 2.11. The van der Waals surface area contributed by atoms with Crippen LogP contribution in [0.4, 0.5) is 5.69 Å². The Balaban J connectivity index is 2.77. The van der Waals surface area contributed by atoms with E-state index in [-0.39, 0.29) is 0 Å². The van der Waals surface area contributed by atoms with Crippen molar-refractivity contribution in [3.63, 3.8) is 0 Å². The van der Waals surface area contributed by atoms with Gasteiger partial charge in [-0.05, 0) is 35.8 Å². The number of hydrogen-bond donors (Lipinski definition) is 1. The molecule has 0 aromatic carbocycles. The molecule has 2 aromatic rings. The zero-order chi connectivity index (χ0) is 11.0. The molecule has 2 heterocycles. The third-order valence-corrected chi connectivity index (χ3v) is 2.69. The Morgan fingerprint density at radius 3 is 2.80 bits per heavy atom. The molecule has 80 valence electrons. The maximum atomic E-state index is 4.38. The molecule has 0 atom stereocenters. The zero-order valence-corrected chi connectivity index (χ0v) is 10.5. The molecular weight excluding hydrogens is 256 g/mol. The van der Waals surface area contributed by atoms with Gasteiger partial charge < -0.3 is 5.32 Å². The van der Waals surface area contributed by atoms with Crippen LogP contribution < -0.4 is 5.32 Å². The number of aromatic nitrogens is 3. The molecule has 0 saturated heterocycles. The maximum Gasteiger partial charge on any atom is 0.112 e. The Morgan fingerprint density at radius 2 is 2.20 bits per heavy atom. The van der Waals surface area contributed by atoms with Crippen molar-refractivity contribution in [2.75, 3.05) is 12.4 Å². The van der Waals surface area contributed by atoms with Crippen molar-refractivity contribution in [3.8, 4) is 0 Å². The summed E-state index contributed by atoms with van der Waals surface area (Å²) in [7, 11) is 1.90. The number of halogens is 1. The SMILES string of the molecule is CNc1cc(Br)nc2cnn(C(C)C)c12. The molecule has 4 nitrogen and oxygen atoms in total. The molecule has 0 aliphatic rings. The van der Waals surface area contributed by atoms with Crippen LogP contribution in [0, 0.1) is 0 Å². The van der Waals surface area contributed by atoms with Gasteiger partial charge in [-0.1, -0.05) is 0 Å². The van der Waals surface area contributed by atoms with Crippen molar-refractivity contribution >= 4 is 32.7 Å². The molecule has 0 spiro atoms. The maximum absolute atomic E-state index is 4.38. The van der Waals surface area contributed by atoms with E-state index >= 15 is 0 Å². The van der Waals surface area contributed by atoms with Crippen molar-refractivity contribution in [2.45, 2.75) is 19.9 Å². The third-order valence-electron chi connectivity index (χ3n) is 2.28. The van der Waals surface area contributed by atoms with Gasteiger partial charge in [-0.15, -0.1) is 0 Å². The summed E-state index contributed by atoms with van der Waals surface area (Å²) in [6.07, 6.45) is 1.79. The highest BCUT2D eigenvalue weighted by molar-refractivity contribution is 9.10. The molecule has 5 heteroatoms. The fraction of sp³-hybridized carbons (Fsp3) is 0.400. The summed E-state index contributed by atoms with van der Waals surface area (Å²) in [5.41, 5.74) is 3.00. The number of rotatable bonds is 2. The van der Waals surface area contributed by atoms with Gasteiger partial charge in [0.1, 0.15) is 15.6 Å². The second kappa shape index (κ2) is 3.81. The topological polar surface area (TPSA) is 42.7 Å². The van der Waals surface area contributed by atoms with Crippen LogP contribution >= 0.6 is 15.9 Å². The molecule has 0 radical (unpaired) electrons. The van der Waals surface area contributed by atoms with E-state index < -0.39 is 0 Å². The number of pyridine rings is 1. The van der Waals surface area contributed by atoms with Crippen molar-refractivity contribution < 1.29 is 0 Å². The summed E-state index contributed by atoms with van der Waals surface area (Å²) in [5.74, 6) is 0. The fourth-order valence-corrected chi connectivity index (χ4v) is 2.03. The smallest absolute Gasteiger partial charge is 0.112 e. The van der Waals surface area contributed by atoms with Gasteiger partial charge in [0.15, 0.2) is 0 Å².